The van der Waals surface area contributed by atoms with Crippen LogP contribution in [0.3, 0.4) is 0 Å². The van der Waals surface area contributed by atoms with Crippen LogP contribution in [0.25, 0.3) is 0 Å². The number of nitrogens with one attached hydrogen (secondary N) is 1. The van der Waals surface area contributed by atoms with Gasteiger partial charge >= 0.3 is 0 Å². The van der Waals surface area contributed by atoms with Gasteiger partial charge in [-0.05, 0) is 80.1 Å². The lowest BCUT2D eigenvalue weighted by molar-refractivity contribution is -0.122. The zero-order chi connectivity index (χ0) is 23.2. The van der Waals surface area contributed by atoms with E-state index >= 15 is 0 Å². The van der Waals surface area contributed by atoms with Crippen LogP contribution in [-0.2, 0) is 22.6 Å². The first kappa shape index (κ1) is 23.5. The van der Waals surface area contributed by atoms with E-state index in [0.29, 0.717) is 6.54 Å². The quantitative estimate of drug-likeness (QED) is 0.601. The molecule has 0 saturated carbocycles. The molecule has 0 bridgehead atoms. The van der Waals surface area contributed by atoms with Gasteiger partial charge in [-0.25, -0.2) is 0 Å². The van der Waals surface area contributed by atoms with Gasteiger partial charge in [0.25, 0.3) is 0 Å². The van der Waals surface area contributed by atoms with Gasteiger partial charge in [0.05, 0.1) is 5.92 Å². The fourth-order valence-corrected chi connectivity index (χ4v) is 4.77. The van der Waals surface area contributed by atoms with Crippen molar-refractivity contribution < 1.29 is 9.59 Å². The van der Waals surface area contributed by atoms with Crippen molar-refractivity contribution in [2.75, 3.05) is 29.9 Å². The third-order valence-electron chi connectivity index (χ3n) is 7.07. The Morgan fingerprint density at radius 1 is 1.00 bits per heavy atom. The van der Waals surface area contributed by atoms with Crippen LogP contribution in [0.5, 0.6) is 0 Å². The first-order valence-corrected chi connectivity index (χ1v) is 12.5. The highest BCUT2D eigenvalue weighted by atomic mass is 16.2. The predicted octanol–water partition coefficient (Wildman–Crippen LogP) is 5.25. The third-order valence-corrected chi connectivity index (χ3v) is 7.07. The molecule has 2 heterocycles. The van der Waals surface area contributed by atoms with Crippen molar-refractivity contribution in [3.05, 3.63) is 59.7 Å². The maximum atomic E-state index is 12.8. The maximum Gasteiger partial charge on any atom is 0.229 e. The highest BCUT2D eigenvalue weighted by molar-refractivity contribution is 6.03. The molecule has 2 amide bonds. The molecule has 33 heavy (non-hydrogen) atoms. The standard InChI is InChI=1S/C28H37N3O2/c1-3-4-5-22-8-12-26(13-9-22)31-20-24(18-27(31)32)28(33)29-25-10-6-23(7-11-25)19-30-16-14-21(2)15-17-30/h6-13,21,24H,3-5,14-20H2,1-2H3,(H,29,33). The molecule has 0 aromatic heterocycles. The van der Waals surface area contributed by atoms with E-state index in [1.807, 2.05) is 24.3 Å². The second-order valence-corrected chi connectivity index (χ2v) is 9.82. The number of piperidine rings is 1. The van der Waals surface area contributed by atoms with Crippen LogP contribution < -0.4 is 10.2 Å². The maximum absolute atomic E-state index is 12.8. The van der Waals surface area contributed by atoms with Gasteiger partial charge in [-0.2, -0.15) is 0 Å². The number of amides is 2. The van der Waals surface area contributed by atoms with Gasteiger partial charge in [-0.15, -0.1) is 0 Å². The van der Waals surface area contributed by atoms with Gasteiger partial charge in [-0.1, -0.05) is 44.5 Å². The minimum absolute atomic E-state index is 0.0163. The van der Waals surface area contributed by atoms with Crippen molar-refractivity contribution >= 4 is 23.2 Å². The minimum Gasteiger partial charge on any atom is -0.326 e. The normalized spacial score (nSPS) is 19.8. The molecule has 5 nitrogen and oxygen atoms in total. The van der Waals surface area contributed by atoms with Gasteiger partial charge in [0, 0.05) is 30.9 Å². The summed E-state index contributed by atoms with van der Waals surface area (Å²) in [4.78, 5) is 29.7. The van der Waals surface area contributed by atoms with Crippen LogP contribution in [0.15, 0.2) is 48.5 Å². The first-order chi connectivity index (χ1) is 16.0. The Bertz CT molecular complexity index is 931. The fraction of sp³-hybridized carbons (Fsp3) is 0.500. The van der Waals surface area contributed by atoms with E-state index in [1.165, 1.54) is 36.8 Å². The van der Waals surface area contributed by atoms with Gasteiger partial charge < -0.3 is 10.2 Å². The number of likely N-dealkylation sites (tertiary alicyclic amines) is 1. The Hall–Kier alpha value is -2.66. The van der Waals surface area contributed by atoms with Crippen molar-refractivity contribution in [2.45, 2.75) is 58.9 Å². The summed E-state index contributed by atoms with van der Waals surface area (Å²) in [5.74, 6) is 0.445. The highest BCUT2D eigenvalue weighted by Gasteiger charge is 2.35. The number of aryl methyl sites for hydroxylation is 1. The van der Waals surface area contributed by atoms with E-state index in [4.69, 9.17) is 0 Å². The number of rotatable bonds is 8. The molecule has 1 N–H and O–H groups in total. The summed E-state index contributed by atoms with van der Waals surface area (Å²) >= 11 is 0. The zero-order valence-corrected chi connectivity index (χ0v) is 20.1. The summed E-state index contributed by atoms with van der Waals surface area (Å²) in [7, 11) is 0. The van der Waals surface area contributed by atoms with Crippen LogP contribution in [0.4, 0.5) is 11.4 Å². The lowest BCUT2D eigenvalue weighted by atomic mass is 9.99. The second kappa shape index (κ2) is 11.0. The van der Waals surface area contributed by atoms with Crippen molar-refractivity contribution in [3.63, 3.8) is 0 Å². The number of carbonyl (C=O) groups is 2. The Morgan fingerprint density at radius 3 is 2.33 bits per heavy atom. The predicted molar refractivity (Wildman–Crippen MR) is 134 cm³/mol. The van der Waals surface area contributed by atoms with Crippen LogP contribution in [0.2, 0.25) is 0 Å². The molecule has 2 saturated heterocycles. The molecule has 1 atom stereocenters. The molecule has 176 valence electrons. The van der Waals surface area contributed by atoms with Crippen molar-refractivity contribution in [3.8, 4) is 0 Å². The number of unbranched alkanes of at least 4 members (excludes halogenated alkanes) is 1. The summed E-state index contributed by atoms with van der Waals surface area (Å²) in [6.07, 6.45) is 6.20. The molecule has 0 aliphatic carbocycles. The molecule has 0 spiro atoms. The average Bonchev–Trinajstić information content (AvgIpc) is 3.22. The van der Waals surface area contributed by atoms with Gasteiger partial charge in [0.1, 0.15) is 0 Å². The second-order valence-electron chi connectivity index (χ2n) is 9.82. The summed E-state index contributed by atoms with van der Waals surface area (Å²) in [5.41, 5.74) is 4.24. The minimum atomic E-state index is -0.327. The zero-order valence-electron chi connectivity index (χ0n) is 20.1. The molecule has 2 aliphatic rings. The van der Waals surface area contributed by atoms with Crippen molar-refractivity contribution in [2.24, 2.45) is 11.8 Å². The van der Waals surface area contributed by atoms with Crippen LogP contribution in [0.1, 0.15) is 57.1 Å². The van der Waals surface area contributed by atoms with E-state index in [1.54, 1.807) is 4.90 Å². The summed E-state index contributed by atoms with van der Waals surface area (Å²) in [6, 6.07) is 16.3. The van der Waals surface area contributed by atoms with E-state index in [9.17, 15) is 9.59 Å². The van der Waals surface area contributed by atoms with Crippen molar-refractivity contribution in [1.29, 1.82) is 0 Å². The largest absolute Gasteiger partial charge is 0.326 e. The molecule has 2 aromatic carbocycles. The molecule has 1 unspecified atom stereocenters. The lowest BCUT2D eigenvalue weighted by Crippen LogP contribution is -2.32. The summed E-state index contributed by atoms with van der Waals surface area (Å²) in [5, 5.41) is 3.01. The molecule has 2 aliphatic heterocycles. The van der Waals surface area contributed by atoms with Gasteiger partial charge in [-0.3, -0.25) is 14.5 Å². The van der Waals surface area contributed by atoms with Gasteiger partial charge in [0.15, 0.2) is 0 Å². The fourth-order valence-electron chi connectivity index (χ4n) is 4.77. The topological polar surface area (TPSA) is 52.7 Å². The Kier molecular flexibility index (Phi) is 7.81. The Labute approximate surface area is 198 Å². The summed E-state index contributed by atoms with van der Waals surface area (Å²) in [6.45, 7) is 8.23. The van der Waals surface area contributed by atoms with Crippen LogP contribution in [-0.4, -0.2) is 36.3 Å². The molecule has 4 rings (SSSR count). The summed E-state index contributed by atoms with van der Waals surface area (Å²) < 4.78 is 0. The van der Waals surface area contributed by atoms with Crippen molar-refractivity contribution in [1.82, 2.24) is 4.90 Å². The van der Waals surface area contributed by atoms with Crippen LogP contribution in [0, 0.1) is 11.8 Å². The number of anilines is 2. The molecular formula is C28H37N3O2. The molecule has 0 radical (unpaired) electrons. The number of benzene rings is 2. The Morgan fingerprint density at radius 2 is 1.67 bits per heavy atom. The van der Waals surface area contributed by atoms with Crippen LogP contribution >= 0.6 is 0 Å². The van der Waals surface area contributed by atoms with E-state index < -0.39 is 0 Å². The number of hydrogen-bond donors (Lipinski definition) is 1. The smallest absolute Gasteiger partial charge is 0.229 e. The Balaban J connectivity index is 1.29. The monoisotopic (exact) mass is 447 g/mol. The third kappa shape index (κ3) is 6.23. The van der Waals surface area contributed by atoms with E-state index in [-0.39, 0.29) is 24.2 Å². The number of nitrogens with zero attached hydrogens (tertiary/aromatic N) is 2. The average molecular weight is 448 g/mol. The number of carbonyl (C=O) groups excluding carboxylic acids is 2. The molecular weight excluding hydrogens is 410 g/mol. The molecule has 5 heteroatoms. The first-order valence-electron chi connectivity index (χ1n) is 12.5. The highest BCUT2D eigenvalue weighted by Crippen LogP contribution is 2.27. The van der Waals surface area contributed by atoms with Gasteiger partial charge in [0.2, 0.25) is 11.8 Å². The molecule has 2 aromatic rings. The molecule has 2 fully saturated rings. The SMILES string of the molecule is CCCCc1ccc(N2CC(C(=O)Nc3ccc(CN4CCC(C)CC4)cc3)CC2=O)cc1. The van der Waals surface area contributed by atoms with E-state index in [0.717, 1.165) is 43.3 Å². The number of hydrogen-bond acceptors (Lipinski definition) is 3. The van der Waals surface area contributed by atoms with E-state index in [2.05, 4.69) is 48.3 Å². The lowest BCUT2D eigenvalue weighted by Gasteiger charge is -2.30.